The highest BCUT2D eigenvalue weighted by Gasteiger charge is 2.14. The molecule has 1 fully saturated rings. The fraction of sp³-hybridized carbons (Fsp3) is 0.529. The van der Waals surface area contributed by atoms with Gasteiger partial charge in [0.2, 0.25) is 0 Å². The Labute approximate surface area is 126 Å². The van der Waals surface area contributed by atoms with Gasteiger partial charge < -0.3 is 4.74 Å². The summed E-state index contributed by atoms with van der Waals surface area (Å²) < 4.78 is 5.56. The van der Waals surface area contributed by atoms with Crippen molar-refractivity contribution in [1.29, 1.82) is 0 Å². The molecular weight excluding hydrogens is 264 g/mol. The fourth-order valence-corrected chi connectivity index (χ4v) is 2.51. The smallest absolute Gasteiger partial charge is 0.271 e. The Morgan fingerprint density at radius 2 is 2.05 bits per heavy atom. The number of hydrazone groups is 1. The minimum absolute atomic E-state index is 0.129. The number of rotatable bonds is 4. The van der Waals surface area contributed by atoms with Gasteiger partial charge in [0.05, 0.1) is 6.10 Å². The van der Waals surface area contributed by atoms with Crippen molar-refractivity contribution >= 4 is 11.6 Å². The van der Waals surface area contributed by atoms with Crippen molar-refractivity contribution in [2.45, 2.75) is 52.6 Å². The summed E-state index contributed by atoms with van der Waals surface area (Å²) in [5, 5.41) is 4.27. The maximum atomic E-state index is 12.0. The quantitative estimate of drug-likeness (QED) is 0.857. The fourth-order valence-electron chi connectivity index (χ4n) is 2.51. The molecule has 1 saturated carbocycles. The third-order valence-corrected chi connectivity index (χ3v) is 3.55. The summed E-state index contributed by atoms with van der Waals surface area (Å²) in [4.78, 5) is 12.0. The molecule has 1 aromatic rings. The van der Waals surface area contributed by atoms with Crippen LogP contribution in [0.5, 0.6) is 5.75 Å². The van der Waals surface area contributed by atoms with Gasteiger partial charge >= 0.3 is 0 Å². The molecule has 0 aromatic heterocycles. The maximum Gasteiger partial charge on any atom is 0.271 e. The van der Waals surface area contributed by atoms with Gasteiger partial charge in [0.1, 0.15) is 5.75 Å². The lowest BCUT2D eigenvalue weighted by molar-refractivity contribution is 0.0954. The van der Waals surface area contributed by atoms with Crippen LogP contribution in [-0.2, 0) is 0 Å². The van der Waals surface area contributed by atoms with Crippen molar-refractivity contribution in [3.8, 4) is 5.75 Å². The molecule has 0 radical (unpaired) electrons. The van der Waals surface area contributed by atoms with Gasteiger partial charge in [0.15, 0.2) is 0 Å². The van der Waals surface area contributed by atoms with Crippen molar-refractivity contribution in [2.75, 3.05) is 0 Å². The third-order valence-electron chi connectivity index (χ3n) is 3.55. The Morgan fingerprint density at radius 1 is 1.33 bits per heavy atom. The van der Waals surface area contributed by atoms with Gasteiger partial charge in [-0.3, -0.25) is 4.79 Å². The van der Waals surface area contributed by atoms with E-state index in [0.29, 0.717) is 11.5 Å². The molecule has 1 aromatic carbocycles. The van der Waals surface area contributed by atoms with Gasteiger partial charge in [-0.25, -0.2) is 5.43 Å². The van der Waals surface area contributed by atoms with Crippen LogP contribution < -0.4 is 10.2 Å². The van der Waals surface area contributed by atoms with Crippen molar-refractivity contribution in [1.82, 2.24) is 5.43 Å². The Balaban J connectivity index is 1.92. The van der Waals surface area contributed by atoms with Crippen molar-refractivity contribution in [2.24, 2.45) is 11.0 Å². The molecular formula is C17H24N2O2. The van der Waals surface area contributed by atoms with Crippen LogP contribution in [0, 0.1) is 5.92 Å². The lowest BCUT2D eigenvalue weighted by Crippen LogP contribution is -2.22. The zero-order chi connectivity index (χ0) is 15.2. The molecule has 0 spiro atoms. The number of carbonyl (C=O) groups is 1. The van der Waals surface area contributed by atoms with E-state index in [1.54, 1.807) is 12.1 Å². The van der Waals surface area contributed by atoms with Gasteiger partial charge in [-0.15, -0.1) is 0 Å². The second kappa shape index (κ2) is 7.25. The highest BCUT2D eigenvalue weighted by molar-refractivity contribution is 5.95. The molecule has 0 bridgehead atoms. The molecule has 1 atom stereocenters. The zero-order valence-electron chi connectivity index (χ0n) is 13.1. The van der Waals surface area contributed by atoms with E-state index in [1.165, 1.54) is 6.42 Å². The Kier molecular flexibility index (Phi) is 5.37. The van der Waals surface area contributed by atoms with E-state index < -0.39 is 0 Å². The molecule has 114 valence electrons. The van der Waals surface area contributed by atoms with Crippen molar-refractivity contribution < 1.29 is 9.53 Å². The first kappa shape index (κ1) is 15.5. The van der Waals surface area contributed by atoms with Gasteiger partial charge in [-0.1, -0.05) is 6.92 Å². The number of benzene rings is 1. The number of nitrogens with one attached hydrogen (secondary N) is 1. The lowest BCUT2D eigenvalue weighted by atomic mass is 9.89. The maximum absolute atomic E-state index is 12.0. The van der Waals surface area contributed by atoms with Crippen molar-refractivity contribution in [3.05, 3.63) is 29.8 Å². The predicted molar refractivity (Wildman–Crippen MR) is 84.7 cm³/mol. The second-order valence-corrected chi connectivity index (χ2v) is 6.01. The van der Waals surface area contributed by atoms with Crippen molar-refractivity contribution in [3.63, 3.8) is 0 Å². The zero-order valence-corrected chi connectivity index (χ0v) is 13.1. The van der Waals surface area contributed by atoms with E-state index >= 15 is 0 Å². The van der Waals surface area contributed by atoms with Crippen LogP contribution in [0.1, 0.15) is 56.8 Å². The normalized spacial score (nSPS) is 20.6. The van der Waals surface area contributed by atoms with E-state index in [9.17, 15) is 4.79 Å². The molecule has 0 saturated heterocycles. The first-order valence-corrected chi connectivity index (χ1v) is 7.67. The molecule has 0 heterocycles. The highest BCUT2D eigenvalue weighted by atomic mass is 16.5. The molecule has 4 heteroatoms. The molecule has 1 amide bonds. The number of hydrogen-bond donors (Lipinski definition) is 1. The van der Waals surface area contributed by atoms with Crippen LogP contribution in [0.25, 0.3) is 0 Å². The topological polar surface area (TPSA) is 50.7 Å². The Hall–Kier alpha value is -1.84. The van der Waals surface area contributed by atoms with Gasteiger partial charge in [-0.05, 0) is 69.7 Å². The molecule has 1 aliphatic carbocycles. The number of nitrogens with zero attached hydrogens (tertiary/aromatic N) is 1. The van der Waals surface area contributed by atoms with Gasteiger partial charge in [0, 0.05) is 11.3 Å². The van der Waals surface area contributed by atoms with Crippen LogP contribution in [-0.4, -0.2) is 17.7 Å². The molecule has 21 heavy (non-hydrogen) atoms. The average Bonchev–Trinajstić information content (AvgIpc) is 2.45. The number of hydrogen-bond acceptors (Lipinski definition) is 3. The number of ether oxygens (including phenoxy) is 1. The van der Waals surface area contributed by atoms with Crippen LogP contribution in [0.3, 0.4) is 0 Å². The van der Waals surface area contributed by atoms with E-state index in [-0.39, 0.29) is 12.0 Å². The standard InChI is InChI=1S/C17H24N2O2/c1-12(2)21-16-9-7-14(8-10-16)17(20)19-18-15-6-4-5-13(3)11-15/h7-10,12-13H,4-6,11H2,1-3H3,(H,19,20)/b18-15-/t13-/m1/s1. The van der Waals surface area contributed by atoms with Crippen LogP contribution in [0.2, 0.25) is 0 Å². The van der Waals surface area contributed by atoms with E-state index in [4.69, 9.17) is 4.74 Å². The molecule has 0 unspecified atom stereocenters. The van der Waals surface area contributed by atoms with E-state index in [2.05, 4.69) is 17.5 Å². The van der Waals surface area contributed by atoms with Crippen LogP contribution in [0.15, 0.2) is 29.4 Å². The number of carbonyl (C=O) groups excluding carboxylic acids is 1. The molecule has 0 aliphatic heterocycles. The summed E-state index contributed by atoms with van der Waals surface area (Å²) in [6, 6.07) is 7.14. The van der Waals surface area contributed by atoms with Crippen LogP contribution >= 0.6 is 0 Å². The minimum Gasteiger partial charge on any atom is -0.491 e. The summed E-state index contributed by atoms with van der Waals surface area (Å²) in [7, 11) is 0. The molecule has 1 N–H and O–H groups in total. The predicted octanol–water partition coefficient (Wildman–Crippen LogP) is 3.77. The first-order valence-electron chi connectivity index (χ1n) is 7.67. The Bertz CT molecular complexity index is 506. The van der Waals surface area contributed by atoms with Crippen LogP contribution in [0.4, 0.5) is 0 Å². The molecule has 1 aliphatic rings. The van der Waals surface area contributed by atoms with E-state index in [1.807, 2.05) is 26.0 Å². The summed E-state index contributed by atoms with van der Waals surface area (Å²) >= 11 is 0. The summed E-state index contributed by atoms with van der Waals surface area (Å²) in [5.41, 5.74) is 4.35. The van der Waals surface area contributed by atoms with E-state index in [0.717, 1.165) is 30.7 Å². The third kappa shape index (κ3) is 4.88. The average molecular weight is 288 g/mol. The second-order valence-electron chi connectivity index (χ2n) is 6.01. The summed E-state index contributed by atoms with van der Waals surface area (Å²) in [5.74, 6) is 1.27. The Morgan fingerprint density at radius 3 is 2.67 bits per heavy atom. The first-order chi connectivity index (χ1) is 10.0. The monoisotopic (exact) mass is 288 g/mol. The largest absolute Gasteiger partial charge is 0.491 e. The van der Waals surface area contributed by atoms with Gasteiger partial charge in [0.25, 0.3) is 5.91 Å². The number of amides is 1. The lowest BCUT2D eigenvalue weighted by Gasteiger charge is -2.18. The molecule has 4 nitrogen and oxygen atoms in total. The summed E-state index contributed by atoms with van der Waals surface area (Å²) in [6.45, 7) is 6.17. The highest BCUT2D eigenvalue weighted by Crippen LogP contribution is 2.21. The minimum atomic E-state index is -0.170. The summed E-state index contributed by atoms with van der Waals surface area (Å²) in [6.07, 6.45) is 4.53. The molecule has 2 rings (SSSR count). The SMILES string of the molecule is CC(C)Oc1ccc(C(=O)N/N=C2/CCC[C@@H](C)C2)cc1. The van der Waals surface area contributed by atoms with Gasteiger partial charge in [-0.2, -0.15) is 5.10 Å².